The van der Waals surface area contributed by atoms with Crippen molar-refractivity contribution in [2.24, 2.45) is 0 Å². The lowest BCUT2D eigenvalue weighted by Crippen LogP contribution is -2.11. The molecule has 4 nitrogen and oxygen atoms in total. The van der Waals surface area contributed by atoms with Crippen molar-refractivity contribution in [3.05, 3.63) is 71.4 Å². The maximum atomic E-state index is 13.2. The van der Waals surface area contributed by atoms with Crippen molar-refractivity contribution >= 4 is 22.7 Å². The number of aromatic amines is 1. The van der Waals surface area contributed by atoms with Crippen LogP contribution in [0, 0.1) is 0 Å². The number of hydrogen-bond donors (Lipinski definition) is 1. The first-order valence-electron chi connectivity index (χ1n) is 15.1. The van der Waals surface area contributed by atoms with Crippen molar-refractivity contribution in [2.45, 2.75) is 116 Å². The maximum absolute atomic E-state index is 13.2. The number of ether oxygens (including phenoxy) is 1. The zero-order valence-electron chi connectivity index (χ0n) is 23.4. The molecular formula is C34H47NO3. The van der Waals surface area contributed by atoms with Gasteiger partial charge in [0.1, 0.15) is 12.3 Å². The van der Waals surface area contributed by atoms with E-state index in [0.717, 1.165) is 29.3 Å². The second-order valence-electron chi connectivity index (χ2n) is 10.6. The average molecular weight is 518 g/mol. The Morgan fingerprint density at radius 2 is 1.18 bits per heavy atom. The zero-order chi connectivity index (χ0) is 26.8. The minimum Gasteiger partial charge on any atom is -0.456 e. The minimum absolute atomic E-state index is 0.0174. The third-order valence-electron chi connectivity index (χ3n) is 7.41. The van der Waals surface area contributed by atoms with Crippen molar-refractivity contribution in [1.82, 2.24) is 4.98 Å². The number of hydrogen-bond acceptors (Lipinski definition) is 3. The maximum Gasteiger partial charge on any atom is 0.355 e. The van der Waals surface area contributed by atoms with Gasteiger partial charge < -0.3 is 9.72 Å². The molecule has 0 fully saturated rings. The summed E-state index contributed by atoms with van der Waals surface area (Å²) in [7, 11) is 0. The van der Waals surface area contributed by atoms with Gasteiger partial charge in [-0.15, -0.1) is 0 Å². The summed E-state index contributed by atoms with van der Waals surface area (Å²) in [6.07, 6.45) is 19.9. The molecule has 1 heterocycles. The van der Waals surface area contributed by atoms with Gasteiger partial charge in [0.2, 0.25) is 0 Å². The molecule has 3 rings (SSSR count). The summed E-state index contributed by atoms with van der Waals surface area (Å²) in [4.78, 5) is 29.3. The molecule has 0 radical (unpaired) electrons. The van der Waals surface area contributed by atoms with Crippen LogP contribution in [0.5, 0.6) is 0 Å². The Bertz CT molecular complexity index is 1090. The predicted molar refractivity (Wildman–Crippen MR) is 158 cm³/mol. The van der Waals surface area contributed by atoms with E-state index in [1.165, 1.54) is 83.5 Å². The Kier molecular flexibility index (Phi) is 13.7. The van der Waals surface area contributed by atoms with Gasteiger partial charge in [-0.25, -0.2) is 4.79 Å². The van der Waals surface area contributed by atoms with Crippen molar-refractivity contribution in [1.29, 1.82) is 0 Å². The van der Waals surface area contributed by atoms with E-state index in [4.69, 9.17) is 4.74 Å². The fourth-order valence-electron chi connectivity index (χ4n) is 5.16. The van der Waals surface area contributed by atoms with Crippen LogP contribution in [0.15, 0.2) is 54.6 Å². The summed E-state index contributed by atoms with van der Waals surface area (Å²) >= 11 is 0. The fraction of sp³-hybridized carbons (Fsp3) is 0.529. The molecule has 0 unspecified atom stereocenters. The zero-order valence-corrected chi connectivity index (χ0v) is 23.4. The number of carbonyl (C=O) groups excluding carboxylic acids is 2. The number of aromatic nitrogens is 1. The molecule has 4 heteroatoms. The highest BCUT2D eigenvalue weighted by Crippen LogP contribution is 2.26. The second kappa shape index (κ2) is 17.6. The van der Waals surface area contributed by atoms with Gasteiger partial charge in [-0.2, -0.15) is 0 Å². The molecule has 2 aromatic carbocycles. The second-order valence-corrected chi connectivity index (χ2v) is 10.6. The van der Waals surface area contributed by atoms with E-state index in [1.807, 2.05) is 54.6 Å². The Hall–Kier alpha value is -2.88. The molecule has 0 aliphatic rings. The standard InChI is InChI=1S/C34H47NO3/c1-2-3-4-5-6-7-8-9-10-11-12-13-14-15-19-26-31(36)32-29-24-20-21-25-30(29)35-33(32)34(37)38-27-28-22-17-16-18-23-28/h16-18,20-25,35H,2-15,19,26-27H2,1H3. The highest BCUT2D eigenvalue weighted by atomic mass is 16.5. The third kappa shape index (κ3) is 10.1. The average Bonchev–Trinajstić information content (AvgIpc) is 3.34. The van der Waals surface area contributed by atoms with E-state index in [2.05, 4.69) is 11.9 Å². The number of esters is 1. The summed E-state index contributed by atoms with van der Waals surface area (Å²) < 4.78 is 5.54. The highest BCUT2D eigenvalue weighted by molar-refractivity contribution is 6.15. The molecule has 38 heavy (non-hydrogen) atoms. The number of H-pyrrole nitrogens is 1. The van der Waals surface area contributed by atoms with Crippen molar-refractivity contribution in [3.8, 4) is 0 Å². The molecule has 0 saturated carbocycles. The van der Waals surface area contributed by atoms with E-state index in [9.17, 15) is 9.59 Å². The molecule has 1 aromatic heterocycles. The van der Waals surface area contributed by atoms with E-state index < -0.39 is 5.97 Å². The van der Waals surface area contributed by atoms with E-state index in [-0.39, 0.29) is 18.1 Å². The molecule has 0 saturated heterocycles. The van der Waals surface area contributed by atoms with Gasteiger partial charge in [0.25, 0.3) is 0 Å². The van der Waals surface area contributed by atoms with Gasteiger partial charge in [0, 0.05) is 17.3 Å². The minimum atomic E-state index is -0.482. The molecule has 206 valence electrons. The Morgan fingerprint density at radius 1 is 0.658 bits per heavy atom. The smallest absolute Gasteiger partial charge is 0.355 e. The lowest BCUT2D eigenvalue weighted by Gasteiger charge is -2.07. The van der Waals surface area contributed by atoms with Crippen LogP contribution in [0.3, 0.4) is 0 Å². The number of nitrogens with one attached hydrogen (secondary N) is 1. The number of ketones is 1. The summed E-state index contributed by atoms with van der Waals surface area (Å²) in [5.41, 5.74) is 2.46. The summed E-state index contributed by atoms with van der Waals surface area (Å²) in [6.45, 7) is 2.45. The summed E-state index contributed by atoms with van der Waals surface area (Å²) in [5.74, 6) is -0.464. The fourth-order valence-corrected chi connectivity index (χ4v) is 5.16. The Balaban J connectivity index is 1.35. The number of rotatable bonds is 20. The van der Waals surface area contributed by atoms with Crippen LogP contribution in [-0.4, -0.2) is 16.7 Å². The van der Waals surface area contributed by atoms with E-state index in [0.29, 0.717) is 12.0 Å². The molecule has 0 bridgehead atoms. The van der Waals surface area contributed by atoms with Crippen LogP contribution in [0.1, 0.15) is 136 Å². The van der Waals surface area contributed by atoms with Crippen LogP contribution in [0.2, 0.25) is 0 Å². The highest BCUT2D eigenvalue weighted by Gasteiger charge is 2.23. The molecule has 1 N–H and O–H groups in total. The quantitative estimate of drug-likeness (QED) is 0.0921. The molecule has 0 spiro atoms. The van der Waals surface area contributed by atoms with Gasteiger partial charge in [-0.3, -0.25) is 4.79 Å². The first kappa shape index (κ1) is 29.7. The molecule has 0 atom stereocenters. The SMILES string of the molecule is CCCCCCCCCCCCCCCCCC(=O)c1c(C(=O)OCc2ccccc2)[nH]c2ccccc12. The van der Waals surface area contributed by atoms with Crippen molar-refractivity contribution < 1.29 is 14.3 Å². The lowest BCUT2D eigenvalue weighted by atomic mass is 10.00. The number of carbonyl (C=O) groups is 2. The number of benzene rings is 2. The first-order valence-corrected chi connectivity index (χ1v) is 15.1. The third-order valence-corrected chi connectivity index (χ3v) is 7.41. The molecule has 3 aromatic rings. The molecule has 0 aliphatic carbocycles. The van der Waals surface area contributed by atoms with Gasteiger partial charge in [0.15, 0.2) is 5.78 Å². The van der Waals surface area contributed by atoms with E-state index in [1.54, 1.807) is 0 Å². The molecule has 0 aliphatic heterocycles. The number of para-hydroxylation sites is 1. The van der Waals surface area contributed by atoms with Gasteiger partial charge in [0.05, 0.1) is 5.56 Å². The molecular weight excluding hydrogens is 470 g/mol. The van der Waals surface area contributed by atoms with E-state index >= 15 is 0 Å². The largest absolute Gasteiger partial charge is 0.456 e. The lowest BCUT2D eigenvalue weighted by molar-refractivity contribution is 0.0464. The normalized spacial score (nSPS) is 11.2. The van der Waals surface area contributed by atoms with Gasteiger partial charge in [-0.05, 0) is 18.1 Å². The van der Waals surface area contributed by atoms with Gasteiger partial charge in [-0.1, -0.05) is 145 Å². The van der Waals surface area contributed by atoms with Crippen LogP contribution < -0.4 is 0 Å². The Labute approximate surface area is 229 Å². The van der Waals surface area contributed by atoms with Crippen molar-refractivity contribution in [3.63, 3.8) is 0 Å². The monoisotopic (exact) mass is 517 g/mol. The topological polar surface area (TPSA) is 59.2 Å². The number of unbranched alkanes of at least 4 members (excludes halogenated alkanes) is 14. The summed E-state index contributed by atoms with van der Waals surface area (Å²) in [5, 5.41) is 0.796. The van der Waals surface area contributed by atoms with Crippen LogP contribution in [0.25, 0.3) is 10.9 Å². The summed E-state index contributed by atoms with van der Waals surface area (Å²) in [6, 6.07) is 17.2. The van der Waals surface area contributed by atoms with Crippen LogP contribution >= 0.6 is 0 Å². The van der Waals surface area contributed by atoms with Crippen molar-refractivity contribution in [2.75, 3.05) is 0 Å². The first-order chi connectivity index (χ1) is 18.7. The van der Waals surface area contributed by atoms with Gasteiger partial charge >= 0.3 is 5.97 Å². The number of fused-ring (bicyclic) bond motifs is 1. The van der Waals surface area contributed by atoms with Crippen LogP contribution in [0.4, 0.5) is 0 Å². The number of Topliss-reactive ketones (excluding diaryl/α,β-unsaturated/α-hetero) is 1. The predicted octanol–water partition coefficient (Wildman–Crippen LogP) is 9.97. The molecule has 0 amide bonds. The Morgan fingerprint density at radius 3 is 1.79 bits per heavy atom. The van der Waals surface area contributed by atoms with Crippen LogP contribution in [-0.2, 0) is 11.3 Å².